The number of hydrogen-bond donors (Lipinski definition) is 2. The van der Waals surface area contributed by atoms with E-state index >= 15 is 0 Å². The zero-order valence-electron chi connectivity index (χ0n) is 12.6. The Bertz CT molecular complexity index is 571. The first kappa shape index (κ1) is 14.5. The number of aromatic nitrogens is 1. The zero-order valence-corrected chi connectivity index (χ0v) is 12.6. The van der Waals surface area contributed by atoms with Crippen molar-refractivity contribution in [1.82, 2.24) is 4.98 Å². The van der Waals surface area contributed by atoms with Gasteiger partial charge >= 0.3 is 0 Å². The Labute approximate surface area is 121 Å². The molecular formula is C17H23N3. The van der Waals surface area contributed by atoms with Gasteiger partial charge in [0.05, 0.1) is 6.04 Å². The van der Waals surface area contributed by atoms with Crippen molar-refractivity contribution in [3.05, 3.63) is 59.3 Å². The van der Waals surface area contributed by atoms with Crippen LogP contribution in [0.5, 0.6) is 0 Å². The van der Waals surface area contributed by atoms with Gasteiger partial charge in [-0.2, -0.15) is 0 Å². The van der Waals surface area contributed by atoms with Crippen LogP contribution >= 0.6 is 0 Å². The maximum absolute atomic E-state index is 6.33. The SMILES string of the molecule is Cc1nc(NC(C)(C)C)ccc1C(N)c1ccccc1. The van der Waals surface area contributed by atoms with Gasteiger partial charge in [0.25, 0.3) is 0 Å². The Kier molecular flexibility index (Phi) is 4.09. The third-order valence-corrected chi connectivity index (χ3v) is 3.12. The molecule has 20 heavy (non-hydrogen) atoms. The summed E-state index contributed by atoms with van der Waals surface area (Å²) in [4.78, 5) is 4.61. The summed E-state index contributed by atoms with van der Waals surface area (Å²) in [6, 6.07) is 14.0. The molecule has 0 aliphatic rings. The van der Waals surface area contributed by atoms with Gasteiger partial charge in [-0.3, -0.25) is 0 Å². The van der Waals surface area contributed by atoms with Crippen molar-refractivity contribution >= 4 is 5.82 Å². The Morgan fingerprint density at radius 2 is 1.70 bits per heavy atom. The van der Waals surface area contributed by atoms with Crippen molar-refractivity contribution in [2.45, 2.75) is 39.3 Å². The molecule has 2 aromatic rings. The maximum Gasteiger partial charge on any atom is 0.126 e. The average molecular weight is 269 g/mol. The van der Waals surface area contributed by atoms with Gasteiger partial charge in [-0.1, -0.05) is 36.4 Å². The molecule has 3 nitrogen and oxygen atoms in total. The molecule has 3 N–H and O–H groups in total. The fourth-order valence-corrected chi connectivity index (χ4v) is 2.19. The quantitative estimate of drug-likeness (QED) is 0.894. The van der Waals surface area contributed by atoms with E-state index in [1.54, 1.807) is 0 Å². The van der Waals surface area contributed by atoms with E-state index in [4.69, 9.17) is 5.73 Å². The van der Waals surface area contributed by atoms with Crippen molar-refractivity contribution in [2.24, 2.45) is 5.73 Å². The van der Waals surface area contributed by atoms with Gasteiger partial charge in [0.15, 0.2) is 0 Å². The van der Waals surface area contributed by atoms with Crippen LogP contribution in [-0.4, -0.2) is 10.5 Å². The molecule has 1 aromatic heterocycles. The van der Waals surface area contributed by atoms with Gasteiger partial charge in [-0.05, 0) is 44.9 Å². The lowest BCUT2D eigenvalue weighted by molar-refractivity contribution is 0.629. The largest absolute Gasteiger partial charge is 0.365 e. The van der Waals surface area contributed by atoms with Gasteiger partial charge in [-0.15, -0.1) is 0 Å². The summed E-state index contributed by atoms with van der Waals surface area (Å²) >= 11 is 0. The minimum atomic E-state index is -0.132. The molecule has 0 spiro atoms. The molecule has 106 valence electrons. The minimum Gasteiger partial charge on any atom is -0.365 e. The number of anilines is 1. The maximum atomic E-state index is 6.33. The molecule has 0 fully saturated rings. The highest BCUT2D eigenvalue weighted by atomic mass is 15.0. The van der Waals surface area contributed by atoms with E-state index in [1.807, 2.05) is 43.3 Å². The second-order valence-electron chi connectivity index (χ2n) is 6.13. The van der Waals surface area contributed by atoms with Crippen LogP contribution in [0.3, 0.4) is 0 Å². The molecule has 1 unspecified atom stereocenters. The minimum absolute atomic E-state index is 0.00248. The van der Waals surface area contributed by atoms with Crippen molar-refractivity contribution in [3.8, 4) is 0 Å². The van der Waals surface area contributed by atoms with Gasteiger partial charge in [0.2, 0.25) is 0 Å². The lowest BCUT2D eigenvalue weighted by Gasteiger charge is -2.22. The molecule has 0 saturated carbocycles. The Hall–Kier alpha value is -1.87. The predicted molar refractivity (Wildman–Crippen MR) is 84.8 cm³/mol. The molecular weight excluding hydrogens is 246 g/mol. The highest BCUT2D eigenvalue weighted by Gasteiger charge is 2.14. The van der Waals surface area contributed by atoms with Crippen molar-refractivity contribution in [3.63, 3.8) is 0 Å². The number of rotatable bonds is 3. The third-order valence-electron chi connectivity index (χ3n) is 3.12. The number of benzene rings is 1. The smallest absolute Gasteiger partial charge is 0.126 e. The molecule has 1 atom stereocenters. The van der Waals surface area contributed by atoms with E-state index in [1.165, 1.54) is 0 Å². The van der Waals surface area contributed by atoms with Gasteiger partial charge in [0, 0.05) is 11.2 Å². The number of hydrogen-bond acceptors (Lipinski definition) is 3. The van der Waals surface area contributed by atoms with Crippen LogP contribution in [0.4, 0.5) is 5.82 Å². The lowest BCUT2D eigenvalue weighted by Crippen LogP contribution is -2.27. The van der Waals surface area contributed by atoms with Crippen molar-refractivity contribution in [2.75, 3.05) is 5.32 Å². The molecule has 0 amide bonds. The zero-order chi connectivity index (χ0) is 14.8. The number of aryl methyl sites for hydroxylation is 1. The molecule has 2 rings (SSSR count). The first-order chi connectivity index (χ1) is 9.37. The van der Waals surface area contributed by atoms with E-state index in [0.717, 1.165) is 22.6 Å². The Morgan fingerprint density at radius 3 is 2.25 bits per heavy atom. The number of nitrogens with two attached hydrogens (primary N) is 1. The highest BCUT2D eigenvalue weighted by molar-refractivity contribution is 5.43. The molecule has 0 aliphatic carbocycles. The van der Waals surface area contributed by atoms with Crippen molar-refractivity contribution in [1.29, 1.82) is 0 Å². The molecule has 0 bridgehead atoms. The summed E-state index contributed by atoms with van der Waals surface area (Å²) in [5, 5.41) is 3.38. The molecule has 0 radical (unpaired) electrons. The number of nitrogens with zero attached hydrogens (tertiary/aromatic N) is 1. The summed E-state index contributed by atoms with van der Waals surface area (Å²) < 4.78 is 0. The van der Waals surface area contributed by atoms with Crippen LogP contribution < -0.4 is 11.1 Å². The second kappa shape index (κ2) is 5.63. The molecule has 1 heterocycles. The summed E-state index contributed by atoms with van der Waals surface area (Å²) in [7, 11) is 0. The summed E-state index contributed by atoms with van der Waals surface area (Å²) in [6.45, 7) is 8.36. The van der Waals surface area contributed by atoms with E-state index in [-0.39, 0.29) is 11.6 Å². The third kappa shape index (κ3) is 3.58. The highest BCUT2D eigenvalue weighted by Crippen LogP contribution is 2.23. The monoisotopic (exact) mass is 269 g/mol. The van der Waals surface area contributed by atoms with Crippen LogP contribution in [0.25, 0.3) is 0 Å². The van der Waals surface area contributed by atoms with Crippen LogP contribution in [0.15, 0.2) is 42.5 Å². The van der Waals surface area contributed by atoms with E-state index in [0.29, 0.717) is 0 Å². The summed E-state index contributed by atoms with van der Waals surface area (Å²) in [5.41, 5.74) is 9.48. The first-order valence-corrected chi connectivity index (χ1v) is 6.93. The van der Waals surface area contributed by atoms with E-state index < -0.39 is 0 Å². The summed E-state index contributed by atoms with van der Waals surface area (Å²) in [5.74, 6) is 0.888. The van der Waals surface area contributed by atoms with E-state index in [2.05, 4.69) is 37.1 Å². The number of pyridine rings is 1. The van der Waals surface area contributed by atoms with Crippen LogP contribution in [-0.2, 0) is 0 Å². The topological polar surface area (TPSA) is 50.9 Å². The van der Waals surface area contributed by atoms with Gasteiger partial charge in [-0.25, -0.2) is 4.98 Å². The summed E-state index contributed by atoms with van der Waals surface area (Å²) in [6.07, 6.45) is 0. The van der Waals surface area contributed by atoms with Crippen LogP contribution in [0.2, 0.25) is 0 Å². The van der Waals surface area contributed by atoms with Crippen molar-refractivity contribution < 1.29 is 0 Å². The lowest BCUT2D eigenvalue weighted by atomic mass is 9.98. The predicted octanol–water partition coefficient (Wildman–Crippen LogP) is 3.65. The van der Waals surface area contributed by atoms with Gasteiger partial charge < -0.3 is 11.1 Å². The van der Waals surface area contributed by atoms with E-state index in [9.17, 15) is 0 Å². The van der Waals surface area contributed by atoms with Crippen LogP contribution in [0, 0.1) is 6.92 Å². The Balaban J connectivity index is 2.26. The molecule has 0 saturated heterocycles. The fourth-order valence-electron chi connectivity index (χ4n) is 2.19. The fraction of sp³-hybridized carbons (Fsp3) is 0.353. The number of nitrogens with one attached hydrogen (secondary N) is 1. The standard InChI is InChI=1S/C17H23N3/c1-12-14(16(18)13-8-6-5-7-9-13)10-11-15(19-12)20-17(2,3)4/h5-11,16H,18H2,1-4H3,(H,19,20). The average Bonchev–Trinajstić information content (AvgIpc) is 2.37. The molecule has 0 aliphatic heterocycles. The van der Waals surface area contributed by atoms with Crippen LogP contribution in [0.1, 0.15) is 43.6 Å². The first-order valence-electron chi connectivity index (χ1n) is 6.93. The second-order valence-corrected chi connectivity index (χ2v) is 6.13. The Morgan fingerprint density at radius 1 is 1.05 bits per heavy atom. The van der Waals surface area contributed by atoms with Gasteiger partial charge in [0.1, 0.15) is 5.82 Å². The molecule has 3 heteroatoms. The normalized spacial score (nSPS) is 13.1. The molecule has 1 aromatic carbocycles.